The first kappa shape index (κ1) is 13.6. The van der Waals surface area contributed by atoms with Gasteiger partial charge in [-0.25, -0.2) is 9.97 Å². The molecule has 7 heteroatoms. The molecule has 1 N–H and O–H groups in total. The topological polar surface area (TPSA) is 76.9 Å². The van der Waals surface area contributed by atoms with Crippen LogP contribution in [0.1, 0.15) is 5.56 Å². The van der Waals surface area contributed by atoms with Crippen LogP contribution in [0, 0.1) is 0 Å². The molecule has 2 heterocycles. The number of aliphatic hydroxyl groups is 1. The van der Waals surface area contributed by atoms with Gasteiger partial charge in [-0.05, 0) is 6.07 Å². The van der Waals surface area contributed by atoms with Crippen LogP contribution in [0.25, 0.3) is 0 Å². The van der Waals surface area contributed by atoms with Crippen molar-refractivity contribution in [3.05, 3.63) is 30.1 Å². The zero-order chi connectivity index (χ0) is 14.8. The molecule has 0 radical (unpaired) electrons. The smallest absolute Gasteiger partial charge is 0.263 e. The predicted octanol–water partition coefficient (Wildman–Crippen LogP) is 1.83. The summed E-state index contributed by atoms with van der Waals surface area (Å²) in [7, 11) is 3.14. The zero-order valence-electron chi connectivity index (χ0n) is 11.7. The van der Waals surface area contributed by atoms with Crippen molar-refractivity contribution in [1.82, 2.24) is 9.97 Å². The first-order chi connectivity index (χ1) is 10.3. The maximum Gasteiger partial charge on any atom is 0.263 e. The molecule has 1 aromatic heterocycles. The lowest BCUT2D eigenvalue weighted by Gasteiger charge is -2.30. The zero-order valence-corrected chi connectivity index (χ0v) is 11.7. The van der Waals surface area contributed by atoms with E-state index in [1.807, 2.05) is 4.90 Å². The highest BCUT2D eigenvalue weighted by atomic mass is 16.5. The Morgan fingerprint density at radius 3 is 2.76 bits per heavy atom. The highest BCUT2D eigenvalue weighted by molar-refractivity contribution is 5.75. The van der Waals surface area contributed by atoms with E-state index in [2.05, 4.69) is 9.97 Å². The molecular weight excluding hydrogens is 274 g/mol. The van der Waals surface area contributed by atoms with E-state index in [1.54, 1.807) is 38.7 Å². The Hall–Kier alpha value is -2.38. The summed E-state index contributed by atoms with van der Waals surface area (Å²) in [5.41, 5.74) is 1.41. The molecule has 0 aliphatic carbocycles. The number of ether oxygens (including phenoxy) is 3. The van der Waals surface area contributed by atoms with Gasteiger partial charge in [0.25, 0.3) is 5.88 Å². The van der Waals surface area contributed by atoms with Gasteiger partial charge in [0.15, 0.2) is 11.6 Å². The Kier molecular flexibility index (Phi) is 3.59. The Labute approximate surface area is 121 Å². The summed E-state index contributed by atoms with van der Waals surface area (Å²) in [5.74, 6) is 2.11. The van der Waals surface area contributed by atoms with Crippen LogP contribution >= 0.6 is 0 Å². The first-order valence-corrected chi connectivity index (χ1v) is 6.35. The number of hydrogen-bond acceptors (Lipinski definition) is 7. The van der Waals surface area contributed by atoms with Gasteiger partial charge in [-0.2, -0.15) is 0 Å². The molecule has 0 unspecified atom stereocenters. The number of anilines is 2. The monoisotopic (exact) mass is 289 g/mol. The van der Waals surface area contributed by atoms with Crippen molar-refractivity contribution < 1.29 is 19.3 Å². The minimum atomic E-state index is -0.134. The minimum Gasteiger partial charge on any atom is -0.496 e. The van der Waals surface area contributed by atoms with Crippen LogP contribution in [0.15, 0.2) is 24.5 Å². The quantitative estimate of drug-likeness (QED) is 0.920. The molecule has 0 saturated carbocycles. The van der Waals surface area contributed by atoms with E-state index in [4.69, 9.17) is 14.2 Å². The summed E-state index contributed by atoms with van der Waals surface area (Å²) in [4.78, 5) is 10.3. The molecule has 0 bridgehead atoms. The molecule has 7 nitrogen and oxygen atoms in total. The van der Waals surface area contributed by atoms with Crippen LogP contribution in [-0.2, 0) is 11.3 Å². The van der Waals surface area contributed by atoms with E-state index < -0.39 is 0 Å². The fraction of sp³-hybridized carbons (Fsp3) is 0.286. The van der Waals surface area contributed by atoms with E-state index in [0.29, 0.717) is 35.5 Å². The predicted molar refractivity (Wildman–Crippen MR) is 75.0 cm³/mol. The van der Waals surface area contributed by atoms with Crippen molar-refractivity contribution in [2.24, 2.45) is 0 Å². The molecule has 0 fully saturated rings. The molecule has 21 heavy (non-hydrogen) atoms. The van der Waals surface area contributed by atoms with Gasteiger partial charge in [0.2, 0.25) is 0 Å². The molecule has 2 aromatic rings. The van der Waals surface area contributed by atoms with Crippen LogP contribution < -0.4 is 14.4 Å². The van der Waals surface area contributed by atoms with Gasteiger partial charge in [0.1, 0.15) is 12.5 Å². The SMILES string of the molecule is COCN1c2cc(CO)c(OC)cc2Oc2nccnc21. The van der Waals surface area contributed by atoms with Gasteiger partial charge in [-0.1, -0.05) is 0 Å². The summed E-state index contributed by atoms with van der Waals surface area (Å²) < 4.78 is 16.3. The maximum atomic E-state index is 9.46. The van der Waals surface area contributed by atoms with Gasteiger partial charge >= 0.3 is 0 Å². The normalized spacial score (nSPS) is 12.4. The molecule has 1 aliphatic heterocycles. The first-order valence-electron chi connectivity index (χ1n) is 6.35. The van der Waals surface area contributed by atoms with Crippen molar-refractivity contribution in [2.75, 3.05) is 25.9 Å². The minimum absolute atomic E-state index is 0.134. The highest BCUT2D eigenvalue weighted by Gasteiger charge is 2.28. The standard InChI is InChI=1S/C14H15N3O4/c1-19-8-17-10-5-9(7-18)11(20-2)6-12(10)21-14-13(17)15-3-4-16-14/h3-6,18H,7-8H2,1-2H3. The van der Waals surface area contributed by atoms with E-state index in [9.17, 15) is 5.11 Å². The van der Waals surface area contributed by atoms with Crippen LogP contribution in [0.2, 0.25) is 0 Å². The summed E-state index contributed by atoms with van der Waals surface area (Å²) >= 11 is 0. The van der Waals surface area contributed by atoms with Crippen LogP contribution in [0.5, 0.6) is 17.4 Å². The summed E-state index contributed by atoms with van der Waals surface area (Å²) in [5, 5.41) is 9.46. The Morgan fingerprint density at radius 2 is 2.05 bits per heavy atom. The number of nitrogens with zero attached hydrogens (tertiary/aromatic N) is 3. The number of aliphatic hydroxyl groups excluding tert-OH is 1. The summed E-state index contributed by atoms with van der Waals surface area (Å²) in [6.07, 6.45) is 3.15. The second-order valence-electron chi connectivity index (χ2n) is 4.42. The third-order valence-corrected chi connectivity index (χ3v) is 3.19. The van der Waals surface area contributed by atoms with Gasteiger partial charge < -0.3 is 19.3 Å². The summed E-state index contributed by atoms with van der Waals surface area (Å²) in [6, 6.07) is 3.52. The number of hydrogen-bond donors (Lipinski definition) is 1. The van der Waals surface area contributed by atoms with Crippen molar-refractivity contribution >= 4 is 11.5 Å². The lowest BCUT2D eigenvalue weighted by molar-refractivity contribution is 0.203. The second-order valence-corrected chi connectivity index (χ2v) is 4.42. The van der Waals surface area contributed by atoms with Crippen molar-refractivity contribution in [3.63, 3.8) is 0 Å². The average Bonchev–Trinajstić information content (AvgIpc) is 2.53. The average molecular weight is 289 g/mol. The van der Waals surface area contributed by atoms with Gasteiger partial charge in [0, 0.05) is 31.1 Å². The Balaban J connectivity index is 2.15. The van der Waals surface area contributed by atoms with Gasteiger partial charge in [-0.3, -0.25) is 4.90 Å². The molecule has 0 amide bonds. The number of fused-ring (bicyclic) bond motifs is 2. The third kappa shape index (κ3) is 2.26. The lowest BCUT2D eigenvalue weighted by Crippen LogP contribution is -2.25. The van der Waals surface area contributed by atoms with Crippen molar-refractivity contribution in [1.29, 1.82) is 0 Å². The van der Waals surface area contributed by atoms with Crippen molar-refractivity contribution in [2.45, 2.75) is 6.61 Å². The van der Waals surface area contributed by atoms with Crippen LogP contribution in [0.3, 0.4) is 0 Å². The number of methoxy groups -OCH3 is 2. The van der Waals surface area contributed by atoms with E-state index in [1.165, 1.54) is 0 Å². The fourth-order valence-electron chi connectivity index (χ4n) is 2.25. The molecular formula is C14H15N3O4. The number of benzene rings is 1. The molecule has 1 aromatic carbocycles. The number of rotatable bonds is 4. The molecule has 3 rings (SSSR count). The van der Waals surface area contributed by atoms with E-state index >= 15 is 0 Å². The van der Waals surface area contributed by atoms with E-state index in [-0.39, 0.29) is 6.61 Å². The van der Waals surface area contributed by atoms with Gasteiger partial charge in [-0.15, -0.1) is 0 Å². The molecule has 110 valence electrons. The van der Waals surface area contributed by atoms with Crippen molar-refractivity contribution in [3.8, 4) is 17.4 Å². The molecule has 0 spiro atoms. The van der Waals surface area contributed by atoms with E-state index in [0.717, 1.165) is 5.69 Å². The highest BCUT2D eigenvalue weighted by Crippen LogP contribution is 2.46. The lowest BCUT2D eigenvalue weighted by atomic mass is 10.1. The largest absolute Gasteiger partial charge is 0.496 e. The maximum absolute atomic E-state index is 9.46. The fourth-order valence-corrected chi connectivity index (χ4v) is 2.25. The Morgan fingerprint density at radius 1 is 1.24 bits per heavy atom. The van der Waals surface area contributed by atoms with Gasteiger partial charge in [0.05, 0.1) is 19.4 Å². The van der Waals surface area contributed by atoms with Crippen LogP contribution in [-0.4, -0.2) is 36.0 Å². The molecule has 1 aliphatic rings. The third-order valence-electron chi connectivity index (χ3n) is 3.19. The summed E-state index contributed by atoms with van der Waals surface area (Å²) in [6.45, 7) is 0.157. The molecule has 0 atom stereocenters. The molecule has 0 saturated heterocycles. The second kappa shape index (κ2) is 5.55. The van der Waals surface area contributed by atoms with Crippen LogP contribution in [0.4, 0.5) is 11.5 Å². The number of aromatic nitrogens is 2. The Bertz CT molecular complexity index is 663.